The molecule has 1 aliphatic heterocycles. The zero-order valence-electron chi connectivity index (χ0n) is 8.80. The van der Waals surface area contributed by atoms with Gasteiger partial charge in [-0.3, -0.25) is 4.79 Å². The van der Waals surface area contributed by atoms with Gasteiger partial charge in [-0.15, -0.1) is 0 Å². The SMILES string of the molecule is NN1C(=O)CCN(Cc2ccccc2)C1=O. The molecule has 0 spiro atoms. The second kappa shape index (κ2) is 4.32. The fourth-order valence-electron chi connectivity index (χ4n) is 1.66. The summed E-state index contributed by atoms with van der Waals surface area (Å²) >= 11 is 0. The number of urea groups is 1. The van der Waals surface area contributed by atoms with E-state index in [0.717, 1.165) is 5.56 Å². The second-order valence-corrected chi connectivity index (χ2v) is 3.70. The zero-order chi connectivity index (χ0) is 11.5. The van der Waals surface area contributed by atoms with Gasteiger partial charge < -0.3 is 4.90 Å². The highest BCUT2D eigenvalue weighted by molar-refractivity contribution is 5.95. The van der Waals surface area contributed by atoms with Crippen LogP contribution in [0, 0.1) is 0 Å². The topological polar surface area (TPSA) is 66.6 Å². The maximum Gasteiger partial charge on any atom is 0.341 e. The van der Waals surface area contributed by atoms with E-state index >= 15 is 0 Å². The lowest BCUT2D eigenvalue weighted by atomic mass is 10.2. The van der Waals surface area contributed by atoms with Crippen LogP contribution in [-0.4, -0.2) is 28.4 Å². The monoisotopic (exact) mass is 219 g/mol. The zero-order valence-corrected chi connectivity index (χ0v) is 8.80. The van der Waals surface area contributed by atoms with E-state index in [0.29, 0.717) is 18.1 Å². The highest BCUT2D eigenvalue weighted by Crippen LogP contribution is 2.11. The minimum absolute atomic E-state index is 0.287. The fraction of sp³-hybridized carbons (Fsp3) is 0.273. The van der Waals surface area contributed by atoms with E-state index in [1.165, 1.54) is 0 Å². The smallest absolute Gasteiger partial charge is 0.318 e. The van der Waals surface area contributed by atoms with Crippen LogP contribution >= 0.6 is 0 Å². The van der Waals surface area contributed by atoms with Crippen molar-refractivity contribution in [2.75, 3.05) is 6.54 Å². The predicted octanol–water partition coefficient (Wildman–Crippen LogP) is 0.715. The minimum atomic E-state index is -0.430. The molecule has 1 saturated heterocycles. The molecule has 2 N–H and O–H groups in total. The molecular weight excluding hydrogens is 206 g/mol. The van der Waals surface area contributed by atoms with Gasteiger partial charge in [0.2, 0.25) is 5.91 Å². The molecule has 1 heterocycles. The standard InChI is InChI=1S/C11H13N3O2/c12-14-10(15)6-7-13(11(14)16)8-9-4-2-1-3-5-9/h1-5H,6-8,12H2. The van der Waals surface area contributed by atoms with Crippen molar-refractivity contribution in [1.82, 2.24) is 9.91 Å². The maximum atomic E-state index is 11.6. The maximum absolute atomic E-state index is 11.6. The highest BCUT2D eigenvalue weighted by atomic mass is 16.2. The lowest BCUT2D eigenvalue weighted by Gasteiger charge is -2.31. The molecule has 3 amide bonds. The average molecular weight is 219 g/mol. The number of hydrazine groups is 1. The molecule has 1 aromatic rings. The summed E-state index contributed by atoms with van der Waals surface area (Å²) < 4.78 is 0. The van der Waals surface area contributed by atoms with Crippen LogP contribution in [0.15, 0.2) is 30.3 Å². The van der Waals surface area contributed by atoms with Crippen molar-refractivity contribution >= 4 is 11.9 Å². The molecule has 5 heteroatoms. The summed E-state index contributed by atoms with van der Waals surface area (Å²) in [6.07, 6.45) is 0.287. The predicted molar refractivity (Wildman–Crippen MR) is 57.9 cm³/mol. The molecule has 0 radical (unpaired) electrons. The molecule has 0 bridgehead atoms. The third-order valence-corrected chi connectivity index (χ3v) is 2.56. The Morgan fingerprint density at radius 3 is 2.56 bits per heavy atom. The number of hydrogen-bond acceptors (Lipinski definition) is 3. The third kappa shape index (κ3) is 2.04. The van der Waals surface area contributed by atoms with Gasteiger partial charge in [-0.2, -0.15) is 5.01 Å². The Kier molecular flexibility index (Phi) is 2.87. The van der Waals surface area contributed by atoms with Crippen molar-refractivity contribution in [3.05, 3.63) is 35.9 Å². The quantitative estimate of drug-likeness (QED) is 0.588. The Morgan fingerprint density at radius 1 is 1.19 bits per heavy atom. The lowest BCUT2D eigenvalue weighted by Crippen LogP contribution is -2.55. The first kappa shape index (κ1) is 10.6. The molecule has 2 rings (SSSR count). The van der Waals surface area contributed by atoms with Crippen molar-refractivity contribution in [2.45, 2.75) is 13.0 Å². The molecule has 0 aliphatic carbocycles. The molecule has 0 unspecified atom stereocenters. The molecular formula is C11H13N3O2. The first-order valence-corrected chi connectivity index (χ1v) is 5.09. The Labute approximate surface area is 93.4 Å². The van der Waals surface area contributed by atoms with Crippen LogP contribution in [0.1, 0.15) is 12.0 Å². The number of hydrogen-bond donors (Lipinski definition) is 1. The third-order valence-electron chi connectivity index (χ3n) is 2.56. The van der Waals surface area contributed by atoms with Crippen LogP contribution in [0.4, 0.5) is 4.79 Å². The van der Waals surface area contributed by atoms with Crippen LogP contribution in [-0.2, 0) is 11.3 Å². The van der Waals surface area contributed by atoms with Gasteiger partial charge in [-0.25, -0.2) is 10.6 Å². The second-order valence-electron chi connectivity index (χ2n) is 3.70. The molecule has 0 aromatic heterocycles. The van der Waals surface area contributed by atoms with Gasteiger partial charge >= 0.3 is 6.03 Å². The van der Waals surface area contributed by atoms with Gasteiger partial charge in [0.05, 0.1) is 0 Å². The summed E-state index contributed by atoms with van der Waals surface area (Å²) in [6.45, 7) is 0.918. The van der Waals surface area contributed by atoms with Crippen LogP contribution in [0.2, 0.25) is 0 Å². The first-order chi connectivity index (χ1) is 7.68. The van der Waals surface area contributed by atoms with E-state index in [4.69, 9.17) is 5.84 Å². The van der Waals surface area contributed by atoms with Crippen molar-refractivity contribution < 1.29 is 9.59 Å². The van der Waals surface area contributed by atoms with Crippen molar-refractivity contribution in [1.29, 1.82) is 0 Å². The van der Waals surface area contributed by atoms with Gasteiger partial charge in [0.25, 0.3) is 0 Å². The van der Waals surface area contributed by atoms with Crippen molar-refractivity contribution in [2.24, 2.45) is 5.84 Å². The molecule has 1 fully saturated rings. The normalized spacial score (nSPS) is 16.8. The number of amides is 3. The van der Waals surface area contributed by atoms with E-state index in [-0.39, 0.29) is 12.3 Å². The summed E-state index contributed by atoms with van der Waals surface area (Å²) in [7, 11) is 0. The van der Waals surface area contributed by atoms with E-state index in [1.54, 1.807) is 4.90 Å². The summed E-state index contributed by atoms with van der Waals surface area (Å²) in [5.41, 5.74) is 1.03. The molecule has 1 aromatic carbocycles. The van der Waals surface area contributed by atoms with Gasteiger partial charge in [0.1, 0.15) is 0 Å². The average Bonchev–Trinajstić information content (AvgIpc) is 2.31. The summed E-state index contributed by atoms with van der Waals surface area (Å²) in [4.78, 5) is 24.4. The van der Waals surface area contributed by atoms with Gasteiger partial charge in [0.15, 0.2) is 0 Å². The van der Waals surface area contributed by atoms with Gasteiger partial charge in [-0.05, 0) is 5.56 Å². The number of carbonyl (C=O) groups excluding carboxylic acids is 2. The molecule has 1 aliphatic rings. The largest absolute Gasteiger partial charge is 0.341 e. The lowest BCUT2D eigenvalue weighted by molar-refractivity contribution is -0.131. The Morgan fingerprint density at radius 2 is 1.88 bits per heavy atom. The number of carbonyl (C=O) groups is 2. The van der Waals surface area contributed by atoms with Crippen molar-refractivity contribution in [3.8, 4) is 0 Å². The Hall–Kier alpha value is -1.88. The first-order valence-electron chi connectivity index (χ1n) is 5.09. The summed E-state index contributed by atoms with van der Waals surface area (Å²) in [5, 5.41) is 0.687. The molecule has 5 nitrogen and oxygen atoms in total. The van der Waals surface area contributed by atoms with Gasteiger partial charge in [0, 0.05) is 19.5 Å². The van der Waals surface area contributed by atoms with Crippen LogP contribution < -0.4 is 5.84 Å². The molecule has 0 atom stereocenters. The minimum Gasteiger partial charge on any atom is -0.318 e. The number of imide groups is 1. The van der Waals surface area contributed by atoms with Crippen LogP contribution in [0.5, 0.6) is 0 Å². The van der Waals surface area contributed by atoms with E-state index in [1.807, 2.05) is 30.3 Å². The number of nitrogens with two attached hydrogens (primary N) is 1. The number of nitrogens with zero attached hydrogens (tertiary/aromatic N) is 2. The summed E-state index contributed by atoms with van der Waals surface area (Å²) in [5.74, 6) is 5.03. The molecule has 16 heavy (non-hydrogen) atoms. The Bertz CT molecular complexity index is 405. The number of benzene rings is 1. The van der Waals surface area contributed by atoms with Crippen molar-refractivity contribution in [3.63, 3.8) is 0 Å². The Balaban J connectivity index is 2.06. The molecule has 84 valence electrons. The molecule has 0 saturated carbocycles. The summed E-state index contributed by atoms with van der Waals surface area (Å²) in [6, 6.07) is 9.18. The number of rotatable bonds is 2. The van der Waals surface area contributed by atoms with E-state index in [9.17, 15) is 9.59 Å². The van der Waals surface area contributed by atoms with Crippen LogP contribution in [0.3, 0.4) is 0 Å². The van der Waals surface area contributed by atoms with Crippen LogP contribution in [0.25, 0.3) is 0 Å². The van der Waals surface area contributed by atoms with E-state index in [2.05, 4.69) is 0 Å². The highest BCUT2D eigenvalue weighted by Gasteiger charge is 2.29. The van der Waals surface area contributed by atoms with Gasteiger partial charge in [-0.1, -0.05) is 30.3 Å². The van der Waals surface area contributed by atoms with E-state index < -0.39 is 6.03 Å². The fourth-order valence-corrected chi connectivity index (χ4v) is 1.66.